The summed E-state index contributed by atoms with van der Waals surface area (Å²) in [5.41, 5.74) is 1.53. The average Bonchev–Trinajstić information content (AvgIpc) is 2.28. The quantitative estimate of drug-likeness (QED) is 0.827. The van der Waals surface area contributed by atoms with Crippen LogP contribution in [0.25, 0.3) is 0 Å². The Labute approximate surface area is 101 Å². The normalized spacial score (nSPS) is 23.6. The molecule has 2 unspecified atom stereocenters. The monoisotopic (exact) mass is 239 g/mol. The van der Waals surface area contributed by atoms with Crippen LogP contribution in [0.15, 0.2) is 6.07 Å². The molecule has 3 heteroatoms. The molecule has 1 nitrogen and oxygen atoms in total. The lowest BCUT2D eigenvalue weighted by atomic mass is 9.84. The highest BCUT2D eigenvalue weighted by Crippen LogP contribution is 2.37. The topological polar surface area (TPSA) is 12.0 Å². The van der Waals surface area contributed by atoms with Crippen molar-refractivity contribution in [2.24, 2.45) is 0 Å². The Bertz CT molecular complexity index is 429. The third-order valence-electron chi connectivity index (χ3n) is 3.56. The molecule has 0 radical (unpaired) electrons. The zero-order valence-electron chi connectivity index (χ0n) is 10.6. The lowest BCUT2D eigenvalue weighted by Crippen LogP contribution is -2.34. The molecule has 0 bridgehead atoms. The maximum atomic E-state index is 14.2. The van der Waals surface area contributed by atoms with E-state index in [9.17, 15) is 8.78 Å². The Kier molecular flexibility index (Phi) is 3.48. The molecule has 0 fully saturated rings. The molecule has 94 valence electrons. The number of fused-ring (bicyclic) bond motifs is 1. The Morgan fingerprint density at radius 2 is 2.06 bits per heavy atom. The fourth-order valence-corrected chi connectivity index (χ4v) is 2.69. The molecule has 1 aliphatic heterocycles. The highest BCUT2D eigenvalue weighted by atomic mass is 19.1. The van der Waals surface area contributed by atoms with Crippen LogP contribution < -0.4 is 5.32 Å². The Morgan fingerprint density at radius 1 is 1.35 bits per heavy atom. The number of hydrogen-bond donors (Lipinski definition) is 1. The molecule has 1 N–H and O–H groups in total. The molecule has 0 saturated carbocycles. The number of nitrogens with one attached hydrogen (secondary N) is 1. The van der Waals surface area contributed by atoms with Crippen LogP contribution in [0.4, 0.5) is 8.78 Å². The van der Waals surface area contributed by atoms with E-state index in [1.54, 1.807) is 6.92 Å². The predicted molar refractivity (Wildman–Crippen MR) is 65.2 cm³/mol. The van der Waals surface area contributed by atoms with E-state index in [0.717, 1.165) is 19.4 Å². The lowest BCUT2D eigenvalue weighted by molar-refractivity contribution is 0.405. The second kappa shape index (κ2) is 4.73. The van der Waals surface area contributed by atoms with Gasteiger partial charge in [-0.2, -0.15) is 0 Å². The van der Waals surface area contributed by atoms with Gasteiger partial charge >= 0.3 is 0 Å². The fourth-order valence-electron chi connectivity index (χ4n) is 2.69. The van der Waals surface area contributed by atoms with E-state index in [1.165, 1.54) is 6.07 Å². The zero-order valence-corrected chi connectivity index (χ0v) is 10.6. The van der Waals surface area contributed by atoms with Crippen LogP contribution in [0.3, 0.4) is 0 Å². The van der Waals surface area contributed by atoms with E-state index < -0.39 is 0 Å². The summed E-state index contributed by atoms with van der Waals surface area (Å²) in [6, 6.07) is 1.28. The van der Waals surface area contributed by atoms with Crippen molar-refractivity contribution in [3.05, 3.63) is 34.4 Å². The first kappa shape index (κ1) is 12.5. The zero-order chi connectivity index (χ0) is 12.6. The van der Waals surface area contributed by atoms with Crippen molar-refractivity contribution in [1.82, 2.24) is 5.32 Å². The smallest absolute Gasteiger partial charge is 0.131 e. The largest absolute Gasteiger partial charge is 0.309 e. The molecule has 0 saturated heterocycles. The van der Waals surface area contributed by atoms with E-state index in [4.69, 9.17) is 0 Å². The van der Waals surface area contributed by atoms with E-state index in [-0.39, 0.29) is 23.6 Å². The van der Waals surface area contributed by atoms with Gasteiger partial charge in [0.05, 0.1) is 0 Å². The summed E-state index contributed by atoms with van der Waals surface area (Å²) in [6.45, 7) is 6.34. The number of halogens is 2. The van der Waals surface area contributed by atoms with Gasteiger partial charge in [0.1, 0.15) is 11.6 Å². The Balaban J connectivity index is 2.59. The summed E-state index contributed by atoms with van der Waals surface area (Å²) in [5.74, 6) is -0.457. The van der Waals surface area contributed by atoms with Gasteiger partial charge in [0, 0.05) is 18.2 Å². The molecule has 0 aliphatic carbocycles. The number of hydrogen-bond acceptors (Lipinski definition) is 1. The van der Waals surface area contributed by atoms with Gasteiger partial charge in [-0.3, -0.25) is 0 Å². The molecule has 1 heterocycles. The summed E-state index contributed by atoms with van der Waals surface area (Å²) in [4.78, 5) is 0. The van der Waals surface area contributed by atoms with Gasteiger partial charge in [0.15, 0.2) is 0 Å². The van der Waals surface area contributed by atoms with Crippen molar-refractivity contribution < 1.29 is 8.78 Å². The fraction of sp³-hybridized carbons (Fsp3) is 0.571. The van der Waals surface area contributed by atoms with E-state index >= 15 is 0 Å². The minimum Gasteiger partial charge on any atom is -0.309 e. The van der Waals surface area contributed by atoms with Crippen LogP contribution in [0.2, 0.25) is 0 Å². The number of rotatable bonds is 2. The van der Waals surface area contributed by atoms with E-state index in [0.29, 0.717) is 16.7 Å². The molecule has 0 aromatic heterocycles. The molecule has 1 aromatic carbocycles. The third-order valence-corrected chi connectivity index (χ3v) is 3.56. The van der Waals surface area contributed by atoms with Crippen LogP contribution >= 0.6 is 0 Å². The number of aryl methyl sites for hydroxylation is 1. The molecule has 2 rings (SSSR count). The SMILES string of the molecule is CCCC1NCC(C)c2c(F)cc(C)c(F)c21. The van der Waals surface area contributed by atoms with Crippen molar-refractivity contribution in [2.45, 2.75) is 45.6 Å². The minimum atomic E-state index is -0.256. The Hall–Kier alpha value is -0.960. The van der Waals surface area contributed by atoms with Gasteiger partial charge in [-0.25, -0.2) is 8.78 Å². The molecule has 1 aromatic rings. The molecule has 1 aliphatic rings. The van der Waals surface area contributed by atoms with Gasteiger partial charge in [-0.05, 0) is 36.5 Å². The summed E-state index contributed by atoms with van der Waals surface area (Å²) in [7, 11) is 0. The summed E-state index contributed by atoms with van der Waals surface area (Å²) in [6.07, 6.45) is 1.81. The van der Waals surface area contributed by atoms with Gasteiger partial charge < -0.3 is 5.32 Å². The first-order valence-electron chi connectivity index (χ1n) is 6.28. The van der Waals surface area contributed by atoms with Crippen LogP contribution in [0.5, 0.6) is 0 Å². The standard InChI is InChI=1S/C14H19F2N/c1-4-5-11-13-12(9(3)7-17-11)10(15)6-8(2)14(13)16/h6,9,11,17H,4-5,7H2,1-3H3. The molecule has 2 atom stereocenters. The predicted octanol–water partition coefficient (Wildman–Crippen LogP) is 3.82. The summed E-state index contributed by atoms with van der Waals surface area (Å²) >= 11 is 0. The Morgan fingerprint density at radius 3 is 2.71 bits per heavy atom. The molecule has 0 spiro atoms. The maximum absolute atomic E-state index is 14.2. The molecular weight excluding hydrogens is 220 g/mol. The highest BCUT2D eigenvalue weighted by Gasteiger charge is 2.30. The van der Waals surface area contributed by atoms with Gasteiger partial charge in [-0.15, -0.1) is 0 Å². The lowest BCUT2D eigenvalue weighted by Gasteiger charge is -2.32. The van der Waals surface area contributed by atoms with Crippen molar-refractivity contribution in [3.63, 3.8) is 0 Å². The first-order valence-corrected chi connectivity index (χ1v) is 6.28. The maximum Gasteiger partial charge on any atom is 0.131 e. The summed E-state index contributed by atoms with van der Waals surface area (Å²) in [5, 5.41) is 3.31. The van der Waals surface area contributed by atoms with Crippen LogP contribution in [-0.4, -0.2) is 6.54 Å². The van der Waals surface area contributed by atoms with Gasteiger partial charge in [0.2, 0.25) is 0 Å². The van der Waals surface area contributed by atoms with E-state index in [2.05, 4.69) is 12.2 Å². The highest BCUT2D eigenvalue weighted by molar-refractivity contribution is 5.41. The summed E-state index contributed by atoms with van der Waals surface area (Å²) < 4.78 is 28.2. The molecular formula is C14H19F2N. The molecule has 0 amide bonds. The third kappa shape index (κ3) is 2.08. The minimum absolute atomic E-state index is 0.0354. The van der Waals surface area contributed by atoms with Crippen molar-refractivity contribution in [2.75, 3.05) is 6.54 Å². The molecule has 17 heavy (non-hydrogen) atoms. The van der Waals surface area contributed by atoms with Crippen LogP contribution in [0.1, 0.15) is 55.3 Å². The first-order chi connectivity index (χ1) is 8.06. The van der Waals surface area contributed by atoms with Crippen molar-refractivity contribution in [3.8, 4) is 0 Å². The average molecular weight is 239 g/mol. The van der Waals surface area contributed by atoms with Crippen LogP contribution in [-0.2, 0) is 0 Å². The van der Waals surface area contributed by atoms with Crippen molar-refractivity contribution >= 4 is 0 Å². The number of benzene rings is 1. The van der Waals surface area contributed by atoms with Crippen molar-refractivity contribution in [1.29, 1.82) is 0 Å². The van der Waals surface area contributed by atoms with E-state index in [1.807, 2.05) is 6.92 Å². The van der Waals surface area contributed by atoms with Crippen LogP contribution in [0, 0.1) is 18.6 Å². The van der Waals surface area contributed by atoms with Gasteiger partial charge in [0.25, 0.3) is 0 Å². The second-order valence-corrected chi connectivity index (χ2v) is 4.97. The van der Waals surface area contributed by atoms with Gasteiger partial charge in [-0.1, -0.05) is 20.3 Å². The second-order valence-electron chi connectivity index (χ2n) is 4.97.